The number of hydroxylamine groups is 2. The van der Waals surface area contributed by atoms with Crippen molar-refractivity contribution in [3.8, 4) is 12.1 Å². The molecule has 3 aromatic carbocycles. The van der Waals surface area contributed by atoms with E-state index in [-0.39, 0.29) is 12.5 Å². The second-order valence-electron chi connectivity index (χ2n) is 12.9. The molecule has 4 aromatic rings. The second kappa shape index (κ2) is 13.6. The first kappa shape index (κ1) is 30.9. The third-order valence-corrected chi connectivity index (χ3v) is 9.72. The van der Waals surface area contributed by atoms with E-state index < -0.39 is 5.97 Å². The largest absolute Gasteiger partial charge is 0.462 e. The average Bonchev–Trinajstić information content (AvgIpc) is 3.51. The number of hydrogen-bond donors (Lipinski definition) is 0. The number of aryl methyl sites for hydroxylation is 1. The van der Waals surface area contributed by atoms with Gasteiger partial charge in [-0.1, -0.05) is 48.0 Å². The van der Waals surface area contributed by atoms with Gasteiger partial charge in [0.25, 0.3) is 0 Å². The molecule has 2 fully saturated rings. The molecule has 4 heterocycles. The van der Waals surface area contributed by atoms with Gasteiger partial charge >= 0.3 is 12.0 Å². The third-order valence-electron chi connectivity index (χ3n) is 9.72. The lowest BCUT2D eigenvalue weighted by molar-refractivity contribution is -0.140. The summed E-state index contributed by atoms with van der Waals surface area (Å²) in [5, 5.41) is 13.8. The molecule has 0 N–H and O–H groups in total. The van der Waals surface area contributed by atoms with E-state index in [1.807, 2.05) is 18.2 Å². The second-order valence-corrected chi connectivity index (χ2v) is 12.9. The standard InChI is InChI=1S/C37H41N7O3/c1-26-13-14-27-10-6-12-34(32(27)22-26)42-19-16-31-33(24-42)39-37(46-25-30-11-7-18-41(30)2)40-35(31)43-20-21-44(29(23-43)15-17-38)47-36(45)28-8-4-3-5-9-28/h3-6,8-10,12-14,22,29-30H,7,11,15-16,18-21,23-25H2,1-2H3/t29-,30-/m0/s1. The molecule has 10 nitrogen and oxygen atoms in total. The summed E-state index contributed by atoms with van der Waals surface area (Å²) in [6.45, 7) is 6.77. The first-order valence-electron chi connectivity index (χ1n) is 16.6. The Bertz CT molecular complexity index is 1790. The fourth-order valence-corrected chi connectivity index (χ4v) is 7.08. The predicted molar refractivity (Wildman–Crippen MR) is 181 cm³/mol. The molecule has 2 saturated heterocycles. The van der Waals surface area contributed by atoms with Gasteiger partial charge in [0, 0.05) is 42.3 Å². The first-order chi connectivity index (χ1) is 23.0. The van der Waals surface area contributed by atoms with Crippen LogP contribution >= 0.6 is 0 Å². The van der Waals surface area contributed by atoms with Gasteiger partial charge in [-0.3, -0.25) is 0 Å². The van der Waals surface area contributed by atoms with E-state index >= 15 is 0 Å². The zero-order chi connectivity index (χ0) is 32.3. The number of nitrogens with zero attached hydrogens (tertiary/aromatic N) is 7. The van der Waals surface area contributed by atoms with Crippen LogP contribution in [0.15, 0.2) is 66.7 Å². The van der Waals surface area contributed by atoms with Crippen LogP contribution < -0.4 is 14.5 Å². The Morgan fingerprint density at radius 1 is 0.979 bits per heavy atom. The Labute approximate surface area is 276 Å². The number of rotatable bonds is 8. The van der Waals surface area contributed by atoms with Crippen molar-refractivity contribution in [1.29, 1.82) is 5.26 Å². The van der Waals surface area contributed by atoms with Gasteiger partial charge in [-0.05, 0) is 69.4 Å². The average molecular weight is 632 g/mol. The lowest BCUT2D eigenvalue weighted by Gasteiger charge is -2.41. The Hall–Kier alpha value is -4.72. The van der Waals surface area contributed by atoms with Crippen LogP contribution in [-0.2, 0) is 17.8 Å². The summed E-state index contributed by atoms with van der Waals surface area (Å²) >= 11 is 0. The van der Waals surface area contributed by atoms with Crippen LogP contribution in [0.5, 0.6) is 6.01 Å². The van der Waals surface area contributed by atoms with E-state index in [4.69, 9.17) is 19.5 Å². The fraction of sp³-hybridized carbons (Fsp3) is 0.405. The van der Waals surface area contributed by atoms with E-state index in [0.717, 1.165) is 43.0 Å². The maximum Gasteiger partial charge on any atom is 0.357 e. The number of likely N-dealkylation sites (N-methyl/N-ethyl adjacent to an activating group) is 1. The Morgan fingerprint density at radius 2 is 1.85 bits per heavy atom. The van der Waals surface area contributed by atoms with Crippen molar-refractivity contribution in [2.45, 2.75) is 51.2 Å². The van der Waals surface area contributed by atoms with Crippen molar-refractivity contribution >= 4 is 28.2 Å². The zero-order valence-electron chi connectivity index (χ0n) is 27.1. The number of benzene rings is 3. The predicted octanol–water partition coefficient (Wildman–Crippen LogP) is 5.15. The van der Waals surface area contributed by atoms with Crippen molar-refractivity contribution in [3.05, 3.63) is 89.1 Å². The number of hydrogen-bond acceptors (Lipinski definition) is 10. The molecular formula is C37H41N7O3. The molecule has 0 bridgehead atoms. The van der Waals surface area contributed by atoms with Crippen LogP contribution in [0.25, 0.3) is 10.8 Å². The quantitative estimate of drug-likeness (QED) is 0.260. The van der Waals surface area contributed by atoms with Crippen molar-refractivity contribution < 1.29 is 14.4 Å². The smallest absolute Gasteiger partial charge is 0.357 e. The van der Waals surface area contributed by atoms with Crippen LogP contribution in [0.1, 0.15) is 46.4 Å². The molecule has 0 saturated carbocycles. The summed E-state index contributed by atoms with van der Waals surface area (Å²) in [4.78, 5) is 35.7. The minimum Gasteiger partial charge on any atom is -0.462 e. The number of carbonyl (C=O) groups excluding carboxylic acids is 1. The molecular weight excluding hydrogens is 590 g/mol. The van der Waals surface area contributed by atoms with E-state index in [2.05, 4.69) is 71.1 Å². The van der Waals surface area contributed by atoms with Crippen LogP contribution in [0.2, 0.25) is 0 Å². The number of fused-ring (bicyclic) bond motifs is 2. The summed E-state index contributed by atoms with van der Waals surface area (Å²) in [6.07, 6.45) is 3.27. The highest BCUT2D eigenvalue weighted by atomic mass is 16.7. The van der Waals surface area contributed by atoms with E-state index in [1.165, 1.54) is 28.4 Å². The van der Waals surface area contributed by atoms with Gasteiger partial charge < -0.3 is 24.3 Å². The molecule has 0 unspecified atom stereocenters. The van der Waals surface area contributed by atoms with Crippen LogP contribution in [0.3, 0.4) is 0 Å². The van der Waals surface area contributed by atoms with Gasteiger partial charge in [-0.25, -0.2) is 4.79 Å². The van der Waals surface area contributed by atoms with E-state index in [1.54, 1.807) is 17.2 Å². The van der Waals surface area contributed by atoms with Crippen LogP contribution in [0.4, 0.5) is 11.5 Å². The third kappa shape index (κ3) is 6.59. The van der Waals surface area contributed by atoms with Crippen LogP contribution in [0, 0.1) is 18.3 Å². The molecule has 10 heteroatoms. The maximum absolute atomic E-state index is 12.9. The number of piperazine rings is 1. The highest BCUT2D eigenvalue weighted by Gasteiger charge is 2.34. The van der Waals surface area contributed by atoms with Gasteiger partial charge in [0.15, 0.2) is 0 Å². The Morgan fingerprint density at radius 3 is 2.66 bits per heavy atom. The summed E-state index contributed by atoms with van der Waals surface area (Å²) in [7, 11) is 2.14. The van der Waals surface area contributed by atoms with E-state index in [9.17, 15) is 10.1 Å². The molecule has 0 spiro atoms. The number of anilines is 2. The number of aromatic nitrogens is 2. The summed E-state index contributed by atoms with van der Waals surface area (Å²) in [5.74, 6) is 0.438. The number of likely N-dealkylation sites (tertiary alicyclic amines) is 1. The van der Waals surface area contributed by atoms with Gasteiger partial charge in [0.1, 0.15) is 12.4 Å². The fourth-order valence-electron chi connectivity index (χ4n) is 7.08. The Kier molecular flexibility index (Phi) is 8.92. The molecule has 3 aliphatic rings. The number of ether oxygens (including phenoxy) is 1. The highest BCUT2D eigenvalue weighted by Crippen LogP contribution is 2.35. The zero-order valence-corrected chi connectivity index (χ0v) is 27.1. The first-order valence-corrected chi connectivity index (χ1v) is 16.6. The lowest BCUT2D eigenvalue weighted by atomic mass is 10.0. The monoisotopic (exact) mass is 631 g/mol. The molecule has 0 amide bonds. The summed E-state index contributed by atoms with van der Waals surface area (Å²) < 4.78 is 6.34. The molecule has 242 valence electrons. The van der Waals surface area contributed by atoms with Gasteiger partial charge in [0.05, 0.1) is 42.9 Å². The molecule has 0 aliphatic carbocycles. The normalized spacial score (nSPS) is 20.2. The van der Waals surface area contributed by atoms with Crippen molar-refractivity contribution in [2.24, 2.45) is 0 Å². The minimum atomic E-state index is -0.419. The maximum atomic E-state index is 12.9. The Balaban J connectivity index is 1.17. The van der Waals surface area contributed by atoms with Crippen molar-refractivity contribution in [3.63, 3.8) is 0 Å². The highest BCUT2D eigenvalue weighted by molar-refractivity contribution is 5.95. The molecule has 3 aliphatic heterocycles. The topological polar surface area (TPSA) is 98.1 Å². The minimum absolute atomic E-state index is 0.220. The van der Waals surface area contributed by atoms with Crippen molar-refractivity contribution in [1.82, 2.24) is 19.9 Å². The van der Waals surface area contributed by atoms with Gasteiger partial charge in [0.2, 0.25) is 0 Å². The van der Waals surface area contributed by atoms with E-state index in [0.29, 0.717) is 50.4 Å². The molecule has 2 atom stereocenters. The molecule has 47 heavy (non-hydrogen) atoms. The molecule has 7 rings (SSSR count). The van der Waals surface area contributed by atoms with Crippen molar-refractivity contribution in [2.75, 3.05) is 56.2 Å². The molecule has 1 aromatic heterocycles. The summed E-state index contributed by atoms with van der Waals surface area (Å²) in [6, 6.07) is 24.8. The lowest BCUT2D eigenvalue weighted by Crippen LogP contribution is -2.54. The number of nitriles is 1. The number of carbonyl (C=O) groups is 1. The molecule has 0 radical (unpaired) electrons. The van der Waals surface area contributed by atoms with Gasteiger partial charge in [-0.2, -0.15) is 15.2 Å². The van der Waals surface area contributed by atoms with Crippen LogP contribution in [-0.4, -0.2) is 84.4 Å². The summed E-state index contributed by atoms with van der Waals surface area (Å²) in [5.41, 5.74) is 5.01. The SMILES string of the molecule is Cc1ccc2cccc(N3CCc4c(nc(OC[C@@H]5CCCN5C)nc4N4CCN(OC(=O)c5ccccc5)[C@@H](CC#N)C4)C3)c2c1. The van der Waals surface area contributed by atoms with Gasteiger partial charge in [-0.15, -0.1) is 5.06 Å².